The molecule has 9 heteroatoms. The number of furan rings is 1. The minimum absolute atomic E-state index is 0.255. The van der Waals surface area contributed by atoms with E-state index in [0.717, 1.165) is 22.4 Å². The van der Waals surface area contributed by atoms with Gasteiger partial charge >= 0.3 is 0 Å². The highest BCUT2D eigenvalue weighted by molar-refractivity contribution is 5.69. The number of nitrogens with zero attached hydrogens (tertiary/aromatic N) is 4. The second kappa shape index (κ2) is 9.24. The summed E-state index contributed by atoms with van der Waals surface area (Å²) >= 11 is 0. The molecule has 0 unspecified atom stereocenters. The van der Waals surface area contributed by atoms with E-state index in [1.165, 1.54) is 4.52 Å². The molecule has 3 aromatic heterocycles. The summed E-state index contributed by atoms with van der Waals surface area (Å²) in [4.78, 5) is 9.15. The molecule has 172 valence electrons. The van der Waals surface area contributed by atoms with Crippen LogP contribution in [-0.2, 0) is 13.1 Å². The SMILES string of the molecule is COc1ccc(CNCc2ccccc2-c2cc3nc(-c4ccco4)nn3c(N)n2)cc1OC. The van der Waals surface area contributed by atoms with Crippen LogP contribution in [0.5, 0.6) is 11.5 Å². The average Bonchev–Trinajstić information content (AvgIpc) is 3.54. The Balaban J connectivity index is 1.38. The van der Waals surface area contributed by atoms with Crippen molar-refractivity contribution in [3.05, 3.63) is 78.1 Å². The van der Waals surface area contributed by atoms with Gasteiger partial charge in [0.1, 0.15) is 0 Å². The highest BCUT2D eigenvalue weighted by Crippen LogP contribution is 2.28. The standard InChI is InChI=1S/C25H24N6O3/c1-32-20-10-9-16(12-22(20)33-2)14-27-15-17-6-3-4-7-18(17)19-13-23-29-24(21-8-5-11-34-21)30-31(23)25(26)28-19/h3-13,27H,14-15H2,1-2H3,(H2,26,28). The first-order valence-corrected chi connectivity index (χ1v) is 10.7. The Morgan fingerprint density at radius 3 is 2.59 bits per heavy atom. The monoisotopic (exact) mass is 456 g/mol. The summed E-state index contributed by atoms with van der Waals surface area (Å²) in [6.07, 6.45) is 1.58. The van der Waals surface area contributed by atoms with Crippen molar-refractivity contribution in [2.24, 2.45) is 0 Å². The van der Waals surface area contributed by atoms with E-state index in [2.05, 4.69) is 26.4 Å². The number of nitrogen functional groups attached to an aromatic ring is 1. The number of hydrogen-bond donors (Lipinski definition) is 2. The van der Waals surface area contributed by atoms with E-state index in [1.807, 2.05) is 42.5 Å². The molecule has 0 atom stereocenters. The number of nitrogens with two attached hydrogens (primary N) is 1. The molecule has 9 nitrogen and oxygen atoms in total. The summed E-state index contributed by atoms with van der Waals surface area (Å²) in [6.45, 7) is 1.31. The molecule has 5 rings (SSSR count). The first kappa shape index (κ1) is 21.5. The zero-order chi connectivity index (χ0) is 23.5. The molecule has 3 heterocycles. The molecule has 34 heavy (non-hydrogen) atoms. The Morgan fingerprint density at radius 2 is 1.79 bits per heavy atom. The molecule has 0 saturated carbocycles. The topological polar surface area (TPSA) is 113 Å². The van der Waals surface area contributed by atoms with Gasteiger partial charge in [-0.05, 0) is 35.4 Å². The summed E-state index contributed by atoms with van der Waals surface area (Å²) < 4.78 is 17.6. The van der Waals surface area contributed by atoms with Gasteiger partial charge < -0.3 is 24.9 Å². The number of hydrogen-bond acceptors (Lipinski definition) is 8. The van der Waals surface area contributed by atoms with Crippen LogP contribution >= 0.6 is 0 Å². The van der Waals surface area contributed by atoms with Gasteiger partial charge in [0.2, 0.25) is 11.8 Å². The number of methoxy groups -OCH3 is 2. The number of fused-ring (bicyclic) bond motifs is 1. The Bertz CT molecular complexity index is 1430. The molecule has 0 aliphatic carbocycles. The Hall–Kier alpha value is -4.37. The van der Waals surface area contributed by atoms with Crippen LogP contribution in [0.2, 0.25) is 0 Å². The van der Waals surface area contributed by atoms with Crippen molar-refractivity contribution in [1.29, 1.82) is 0 Å². The fourth-order valence-corrected chi connectivity index (χ4v) is 3.82. The van der Waals surface area contributed by atoms with Crippen molar-refractivity contribution >= 4 is 11.6 Å². The van der Waals surface area contributed by atoms with Crippen LogP contribution < -0.4 is 20.5 Å². The van der Waals surface area contributed by atoms with Gasteiger partial charge in [0.25, 0.3) is 0 Å². The first-order valence-electron chi connectivity index (χ1n) is 10.7. The Labute approximate surface area is 196 Å². The van der Waals surface area contributed by atoms with Crippen LogP contribution in [0.4, 0.5) is 5.95 Å². The minimum atomic E-state index is 0.255. The molecular formula is C25H24N6O3. The maximum atomic E-state index is 6.22. The van der Waals surface area contributed by atoms with Crippen molar-refractivity contribution in [3.63, 3.8) is 0 Å². The lowest BCUT2D eigenvalue weighted by molar-refractivity contribution is 0.354. The lowest BCUT2D eigenvalue weighted by Gasteiger charge is -2.12. The van der Waals surface area contributed by atoms with Gasteiger partial charge in [0.15, 0.2) is 22.9 Å². The van der Waals surface area contributed by atoms with Crippen molar-refractivity contribution in [2.75, 3.05) is 20.0 Å². The molecule has 2 aromatic carbocycles. The van der Waals surface area contributed by atoms with Gasteiger partial charge in [0, 0.05) is 24.7 Å². The van der Waals surface area contributed by atoms with Gasteiger partial charge in [-0.15, -0.1) is 5.10 Å². The largest absolute Gasteiger partial charge is 0.493 e. The lowest BCUT2D eigenvalue weighted by Crippen LogP contribution is -2.14. The zero-order valence-electron chi connectivity index (χ0n) is 18.9. The number of nitrogens with one attached hydrogen (secondary N) is 1. The van der Waals surface area contributed by atoms with Gasteiger partial charge in [-0.25, -0.2) is 9.97 Å². The van der Waals surface area contributed by atoms with E-state index >= 15 is 0 Å². The van der Waals surface area contributed by atoms with Crippen LogP contribution in [0.1, 0.15) is 11.1 Å². The fraction of sp³-hybridized carbons (Fsp3) is 0.160. The van der Waals surface area contributed by atoms with Crippen LogP contribution in [0, 0.1) is 0 Å². The molecule has 0 radical (unpaired) electrons. The predicted octanol–water partition coefficient (Wildman–Crippen LogP) is 3.94. The average molecular weight is 457 g/mol. The maximum Gasteiger partial charge on any atom is 0.223 e. The summed E-state index contributed by atoms with van der Waals surface area (Å²) in [5.74, 6) is 2.70. The van der Waals surface area contributed by atoms with E-state index in [1.54, 1.807) is 32.6 Å². The molecule has 3 N–H and O–H groups in total. The Morgan fingerprint density at radius 1 is 0.941 bits per heavy atom. The number of ether oxygens (including phenoxy) is 2. The molecule has 0 spiro atoms. The van der Waals surface area contributed by atoms with Gasteiger partial charge in [-0.2, -0.15) is 4.52 Å². The molecular weight excluding hydrogens is 432 g/mol. The Kier molecular flexibility index (Phi) is 5.84. The third-order valence-electron chi connectivity index (χ3n) is 5.48. The molecule has 0 fully saturated rings. The van der Waals surface area contributed by atoms with Crippen LogP contribution in [0.25, 0.3) is 28.5 Å². The molecule has 0 aliphatic rings. The number of rotatable bonds is 8. The predicted molar refractivity (Wildman–Crippen MR) is 128 cm³/mol. The highest BCUT2D eigenvalue weighted by atomic mass is 16.5. The van der Waals surface area contributed by atoms with E-state index in [0.29, 0.717) is 41.8 Å². The van der Waals surface area contributed by atoms with Crippen molar-refractivity contribution in [3.8, 4) is 34.3 Å². The zero-order valence-corrected chi connectivity index (χ0v) is 18.9. The van der Waals surface area contributed by atoms with Crippen LogP contribution in [-0.4, -0.2) is 33.8 Å². The highest BCUT2D eigenvalue weighted by Gasteiger charge is 2.15. The quantitative estimate of drug-likeness (QED) is 0.361. The molecule has 0 amide bonds. The van der Waals surface area contributed by atoms with E-state index < -0.39 is 0 Å². The van der Waals surface area contributed by atoms with Crippen LogP contribution in [0.3, 0.4) is 0 Å². The van der Waals surface area contributed by atoms with E-state index in [-0.39, 0.29) is 5.95 Å². The summed E-state index contributed by atoms with van der Waals surface area (Å²) in [7, 11) is 3.26. The van der Waals surface area contributed by atoms with E-state index in [9.17, 15) is 0 Å². The smallest absolute Gasteiger partial charge is 0.223 e. The van der Waals surface area contributed by atoms with E-state index in [4.69, 9.17) is 19.6 Å². The fourth-order valence-electron chi connectivity index (χ4n) is 3.82. The van der Waals surface area contributed by atoms with Crippen LogP contribution in [0.15, 0.2) is 71.3 Å². The molecule has 0 saturated heterocycles. The molecule has 5 aromatic rings. The van der Waals surface area contributed by atoms with Crippen molar-refractivity contribution in [1.82, 2.24) is 24.9 Å². The first-order chi connectivity index (χ1) is 16.7. The van der Waals surface area contributed by atoms with Gasteiger partial charge in [-0.1, -0.05) is 30.3 Å². The maximum absolute atomic E-state index is 6.22. The third kappa shape index (κ3) is 4.16. The second-order valence-electron chi connectivity index (χ2n) is 7.63. The second-order valence-corrected chi connectivity index (χ2v) is 7.63. The summed E-state index contributed by atoms with van der Waals surface area (Å²) in [6, 6.07) is 19.4. The third-order valence-corrected chi connectivity index (χ3v) is 5.48. The molecule has 0 bridgehead atoms. The summed E-state index contributed by atoms with van der Waals surface area (Å²) in [5, 5.41) is 7.90. The normalized spacial score (nSPS) is 11.1. The number of benzene rings is 2. The molecule has 0 aliphatic heterocycles. The van der Waals surface area contributed by atoms with Gasteiger partial charge in [-0.3, -0.25) is 0 Å². The van der Waals surface area contributed by atoms with Crippen molar-refractivity contribution < 1.29 is 13.9 Å². The van der Waals surface area contributed by atoms with Crippen molar-refractivity contribution in [2.45, 2.75) is 13.1 Å². The lowest BCUT2D eigenvalue weighted by atomic mass is 10.0. The minimum Gasteiger partial charge on any atom is -0.493 e. The van der Waals surface area contributed by atoms with Gasteiger partial charge in [0.05, 0.1) is 26.2 Å². The number of anilines is 1. The summed E-state index contributed by atoms with van der Waals surface area (Å²) in [5.41, 5.74) is 10.7. The number of aromatic nitrogens is 4.